The number of hydrogen-bond donors (Lipinski definition) is 1. The number of methoxy groups -OCH3 is 1. The molecule has 1 saturated heterocycles. The van der Waals surface area contributed by atoms with Crippen molar-refractivity contribution in [3.05, 3.63) is 76.6 Å². The van der Waals surface area contributed by atoms with Gasteiger partial charge in [-0.15, -0.1) is 0 Å². The molecule has 6 rings (SSSR count). The lowest BCUT2D eigenvalue weighted by atomic mass is 9.98. The topological polar surface area (TPSA) is 123 Å². The van der Waals surface area contributed by atoms with Gasteiger partial charge < -0.3 is 19.9 Å². The largest absolute Gasteiger partial charge is 0.496 e. The lowest BCUT2D eigenvalue weighted by Crippen LogP contribution is -2.64. The third-order valence-electron chi connectivity index (χ3n) is 8.74. The monoisotopic (exact) mass is 643 g/mol. The predicted octanol–water partition coefficient (Wildman–Crippen LogP) is 4.92. The Morgan fingerprint density at radius 3 is 2.36 bits per heavy atom. The van der Waals surface area contributed by atoms with Crippen molar-refractivity contribution < 1.29 is 23.1 Å². The van der Waals surface area contributed by atoms with E-state index in [1.807, 2.05) is 34.6 Å². The zero-order valence-corrected chi connectivity index (χ0v) is 27.0. The number of piperazine rings is 1. The van der Waals surface area contributed by atoms with Gasteiger partial charge in [-0.25, -0.2) is 23.7 Å². The minimum Gasteiger partial charge on any atom is -0.496 e. The fraction of sp³-hybridized carbons (Fsp3) is 0.353. The van der Waals surface area contributed by atoms with Crippen LogP contribution in [0.25, 0.3) is 28.0 Å². The van der Waals surface area contributed by atoms with Gasteiger partial charge in [-0.1, -0.05) is 40.3 Å². The van der Waals surface area contributed by atoms with Crippen LogP contribution in [-0.2, 0) is 9.59 Å². The molecular formula is C34H35F2N7O4. The summed E-state index contributed by atoms with van der Waals surface area (Å²) < 4.78 is 38.4. The summed E-state index contributed by atoms with van der Waals surface area (Å²) >= 11 is 0. The van der Waals surface area contributed by atoms with E-state index in [1.54, 1.807) is 4.90 Å². The number of ether oxygens (including phenoxy) is 1. The molecule has 2 amide bonds. The number of benzene rings is 1. The molecule has 3 aromatic heterocycles. The molecule has 47 heavy (non-hydrogen) atoms. The standard InChI is InChI=1S/C34H35F2N7O4/c1-8-24(44)41-14-22-33(45)40-29-30(42(22)13-18(41)6)19-12-21(36)28(25-20(35)10-9-11-23(25)47-7)39-32(19)43(34(29)46)31-26(16(2)3)37-15-38-27(31)17(4)5/h8-12,15-18,22H,1,13-14H2,2-7H3,(H,40,45)/t18-,22-/m1/s1. The molecule has 0 saturated carbocycles. The first-order valence-corrected chi connectivity index (χ1v) is 15.4. The van der Waals surface area contributed by atoms with E-state index in [1.165, 1.54) is 53.2 Å². The third kappa shape index (κ3) is 5.00. The summed E-state index contributed by atoms with van der Waals surface area (Å²) in [5.74, 6) is -2.75. The minimum atomic E-state index is -0.882. The number of anilines is 2. The average Bonchev–Trinajstić information content (AvgIpc) is 3.04. The number of nitrogens with zero attached hydrogens (tertiary/aromatic N) is 6. The van der Waals surface area contributed by atoms with E-state index in [4.69, 9.17) is 4.74 Å². The minimum absolute atomic E-state index is 0.0150. The Bertz CT molecular complexity index is 2000. The van der Waals surface area contributed by atoms with Crippen molar-refractivity contribution in [2.75, 3.05) is 30.4 Å². The van der Waals surface area contributed by atoms with E-state index in [2.05, 4.69) is 26.8 Å². The fourth-order valence-electron chi connectivity index (χ4n) is 6.52. The average molecular weight is 644 g/mol. The molecule has 2 aliphatic heterocycles. The van der Waals surface area contributed by atoms with Gasteiger partial charge in [0.15, 0.2) is 11.5 Å². The molecule has 5 heterocycles. The van der Waals surface area contributed by atoms with Gasteiger partial charge in [0.2, 0.25) is 11.8 Å². The molecule has 1 N–H and O–H groups in total. The summed E-state index contributed by atoms with van der Waals surface area (Å²) in [5.41, 5.74) is 0.424. The Balaban J connectivity index is 1.76. The molecule has 244 valence electrons. The van der Waals surface area contributed by atoms with Crippen LogP contribution in [-0.4, -0.2) is 68.5 Å². The van der Waals surface area contributed by atoms with E-state index in [9.17, 15) is 14.4 Å². The molecular weight excluding hydrogens is 608 g/mol. The molecule has 0 radical (unpaired) electrons. The lowest BCUT2D eigenvalue weighted by molar-refractivity contribution is -0.130. The van der Waals surface area contributed by atoms with Gasteiger partial charge >= 0.3 is 0 Å². The zero-order chi connectivity index (χ0) is 33.9. The van der Waals surface area contributed by atoms with Gasteiger partial charge in [0, 0.05) is 18.0 Å². The smallest absolute Gasteiger partial charge is 0.282 e. The zero-order valence-electron chi connectivity index (χ0n) is 27.0. The predicted molar refractivity (Wildman–Crippen MR) is 174 cm³/mol. The fourth-order valence-corrected chi connectivity index (χ4v) is 6.52. The van der Waals surface area contributed by atoms with Gasteiger partial charge in [0.25, 0.3) is 5.56 Å². The van der Waals surface area contributed by atoms with Crippen LogP contribution in [0.4, 0.5) is 20.2 Å². The van der Waals surface area contributed by atoms with Gasteiger partial charge in [0.05, 0.1) is 42.0 Å². The molecule has 4 aromatic rings. The van der Waals surface area contributed by atoms with E-state index in [0.717, 1.165) is 0 Å². The molecule has 2 atom stereocenters. The molecule has 1 fully saturated rings. The van der Waals surface area contributed by atoms with E-state index >= 15 is 8.78 Å². The first-order chi connectivity index (χ1) is 22.4. The van der Waals surface area contributed by atoms with Gasteiger partial charge in [-0.3, -0.25) is 19.0 Å². The Labute approximate surface area is 269 Å². The highest BCUT2D eigenvalue weighted by Crippen LogP contribution is 2.42. The van der Waals surface area contributed by atoms with Crippen LogP contribution in [0.1, 0.15) is 57.8 Å². The number of hydrogen-bond acceptors (Lipinski definition) is 8. The first-order valence-electron chi connectivity index (χ1n) is 15.4. The highest BCUT2D eigenvalue weighted by atomic mass is 19.1. The maximum Gasteiger partial charge on any atom is 0.282 e. The maximum atomic E-state index is 16.3. The second kappa shape index (κ2) is 11.9. The van der Waals surface area contributed by atoms with Crippen LogP contribution in [0.2, 0.25) is 0 Å². The number of carbonyl (C=O) groups is 2. The summed E-state index contributed by atoms with van der Waals surface area (Å²) in [7, 11) is 1.34. The third-order valence-corrected chi connectivity index (χ3v) is 8.74. The number of aromatic nitrogens is 4. The summed E-state index contributed by atoms with van der Waals surface area (Å²) in [5, 5.41) is 2.96. The van der Waals surface area contributed by atoms with Crippen molar-refractivity contribution >= 4 is 34.2 Å². The molecule has 2 aliphatic rings. The van der Waals surface area contributed by atoms with E-state index < -0.39 is 29.1 Å². The maximum absolute atomic E-state index is 16.3. The molecule has 1 aromatic carbocycles. The van der Waals surface area contributed by atoms with Crippen LogP contribution in [0.5, 0.6) is 5.75 Å². The molecule has 0 aliphatic carbocycles. The number of nitrogens with one attached hydrogen (secondary N) is 1. The van der Waals surface area contributed by atoms with Crippen molar-refractivity contribution in [3.8, 4) is 22.7 Å². The van der Waals surface area contributed by atoms with Gasteiger partial charge in [0.1, 0.15) is 35.3 Å². The van der Waals surface area contributed by atoms with Crippen LogP contribution >= 0.6 is 0 Å². The second-order valence-corrected chi connectivity index (χ2v) is 12.4. The number of pyridine rings is 2. The number of amides is 2. The molecule has 0 unspecified atom stereocenters. The molecule has 0 spiro atoms. The Morgan fingerprint density at radius 2 is 1.74 bits per heavy atom. The number of fused-ring (bicyclic) bond motifs is 5. The molecule has 0 bridgehead atoms. The van der Waals surface area contributed by atoms with Gasteiger partial charge in [-0.05, 0) is 43.0 Å². The molecule has 11 nitrogen and oxygen atoms in total. The SMILES string of the molecule is C=CC(=O)N1C[C@@H]2C(=O)Nc3c(c4cc(F)c(-c5c(F)cccc5OC)nc4n(-c4c(C(C)C)ncnc4C(C)C)c3=O)N2C[C@H]1C. The summed E-state index contributed by atoms with van der Waals surface area (Å²) in [6, 6.07) is 4.05. The Hall–Kier alpha value is -5.20. The van der Waals surface area contributed by atoms with Crippen molar-refractivity contribution in [2.24, 2.45) is 0 Å². The van der Waals surface area contributed by atoms with E-state index in [-0.39, 0.29) is 76.3 Å². The quantitative estimate of drug-likeness (QED) is 0.294. The number of halogens is 2. The normalized spacial score (nSPS) is 17.5. The Morgan fingerprint density at radius 1 is 1.06 bits per heavy atom. The number of rotatable bonds is 6. The van der Waals surface area contributed by atoms with E-state index in [0.29, 0.717) is 17.1 Å². The van der Waals surface area contributed by atoms with Gasteiger partial charge in [-0.2, -0.15) is 0 Å². The van der Waals surface area contributed by atoms with Crippen LogP contribution in [0.3, 0.4) is 0 Å². The van der Waals surface area contributed by atoms with Crippen molar-refractivity contribution in [2.45, 2.75) is 58.5 Å². The van der Waals surface area contributed by atoms with Crippen molar-refractivity contribution in [1.29, 1.82) is 0 Å². The van der Waals surface area contributed by atoms with Crippen molar-refractivity contribution in [3.63, 3.8) is 0 Å². The van der Waals surface area contributed by atoms with Crippen LogP contribution < -0.4 is 20.5 Å². The summed E-state index contributed by atoms with van der Waals surface area (Å²) in [6.07, 6.45) is 2.62. The Kier molecular flexibility index (Phi) is 8.02. The van der Waals surface area contributed by atoms with Crippen LogP contribution in [0, 0.1) is 11.6 Å². The first kappa shape index (κ1) is 31.8. The lowest BCUT2D eigenvalue weighted by Gasteiger charge is -2.48. The number of carbonyl (C=O) groups excluding carboxylic acids is 2. The van der Waals surface area contributed by atoms with Crippen LogP contribution in [0.15, 0.2) is 48.0 Å². The second-order valence-electron chi connectivity index (χ2n) is 12.4. The highest BCUT2D eigenvalue weighted by Gasteiger charge is 2.44. The summed E-state index contributed by atoms with van der Waals surface area (Å²) in [6.45, 7) is 13.3. The summed E-state index contributed by atoms with van der Waals surface area (Å²) in [4.78, 5) is 58.0. The molecule has 13 heteroatoms. The highest BCUT2D eigenvalue weighted by molar-refractivity contribution is 6.11. The van der Waals surface area contributed by atoms with Crippen molar-refractivity contribution in [1.82, 2.24) is 24.4 Å².